The van der Waals surface area contributed by atoms with Gasteiger partial charge in [0.1, 0.15) is 6.61 Å². The Hall–Kier alpha value is -0.950. The lowest BCUT2D eigenvalue weighted by atomic mass is 10.0. The number of phosphoric acid groups is 1. The van der Waals surface area contributed by atoms with E-state index in [0.29, 0.717) is 6.42 Å². The van der Waals surface area contributed by atoms with Gasteiger partial charge in [0.15, 0.2) is 6.10 Å². The molecule has 2 N–H and O–H groups in total. The van der Waals surface area contributed by atoms with Gasteiger partial charge in [-0.2, -0.15) is 0 Å². The predicted octanol–water partition coefficient (Wildman–Crippen LogP) is 11.7. The Bertz CT molecular complexity index is 741. The summed E-state index contributed by atoms with van der Waals surface area (Å²) in [5.74, 6) is -0.870. The average molecular weight is 691 g/mol. The topological polar surface area (TPSA) is 119 Å². The lowest BCUT2D eigenvalue weighted by molar-refractivity contribution is -0.161. The van der Waals surface area contributed by atoms with Crippen molar-refractivity contribution in [2.75, 3.05) is 13.2 Å². The van der Waals surface area contributed by atoms with Gasteiger partial charge < -0.3 is 19.3 Å². The summed E-state index contributed by atoms with van der Waals surface area (Å²) in [4.78, 5) is 42.7. The van der Waals surface area contributed by atoms with Crippen LogP contribution in [0.1, 0.15) is 213 Å². The molecule has 1 unspecified atom stereocenters. The minimum absolute atomic E-state index is 0.220. The Morgan fingerprint density at radius 3 is 1.09 bits per heavy atom. The largest absolute Gasteiger partial charge is 0.469 e. The van der Waals surface area contributed by atoms with E-state index in [9.17, 15) is 14.2 Å². The Balaban J connectivity index is 3.89. The summed E-state index contributed by atoms with van der Waals surface area (Å²) in [6, 6.07) is 0. The maximum atomic E-state index is 12.4. The molecule has 0 aliphatic rings. The van der Waals surface area contributed by atoms with Crippen LogP contribution in [0.25, 0.3) is 0 Å². The number of rotatable bonds is 37. The van der Waals surface area contributed by atoms with Crippen LogP contribution in [0.2, 0.25) is 0 Å². The number of carbonyl (C=O) groups is 2. The van der Waals surface area contributed by atoms with Crippen molar-refractivity contribution in [2.24, 2.45) is 0 Å². The van der Waals surface area contributed by atoms with Crippen molar-refractivity contribution >= 4 is 19.8 Å². The monoisotopic (exact) mass is 691 g/mol. The Morgan fingerprint density at radius 2 is 0.766 bits per heavy atom. The van der Waals surface area contributed by atoms with Gasteiger partial charge in [-0.3, -0.25) is 14.1 Å². The van der Waals surface area contributed by atoms with Crippen molar-refractivity contribution in [3.8, 4) is 0 Å². The molecule has 0 heterocycles. The highest BCUT2D eigenvalue weighted by molar-refractivity contribution is 7.46. The quantitative estimate of drug-likeness (QED) is 0.0375. The third kappa shape index (κ3) is 37.7. The van der Waals surface area contributed by atoms with Crippen molar-refractivity contribution in [1.29, 1.82) is 0 Å². The summed E-state index contributed by atoms with van der Waals surface area (Å²) in [5, 5.41) is 0. The minimum Gasteiger partial charge on any atom is -0.462 e. The summed E-state index contributed by atoms with van der Waals surface area (Å²) in [6.45, 7) is 3.70. The molecule has 0 aromatic carbocycles. The fourth-order valence-corrected chi connectivity index (χ4v) is 6.26. The predicted molar refractivity (Wildman–Crippen MR) is 193 cm³/mol. The first kappa shape index (κ1) is 46.0. The first-order valence-electron chi connectivity index (χ1n) is 19.8. The van der Waals surface area contributed by atoms with E-state index < -0.39 is 32.5 Å². The van der Waals surface area contributed by atoms with E-state index in [1.807, 2.05) is 0 Å². The fraction of sp³-hybridized carbons (Fsp3) is 0.947. The highest BCUT2D eigenvalue weighted by Gasteiger charge is 2.22. The molecular weight excluding hydrogens is 615 g/mol. The van der Waals surface area contributed by atoms with Crippen LogP contribution in [0.15, 0.2) is 0 Å². The van der Waals surface area contributed by atoms with Crippen molar-refractivity contribution in [2.45, 2.75) is 219 Å². The number of carbonyl (C=O) groups excluding carboxylic acids is 2. The third-order valence-electron chi connectivity index (χ3n) is 8.88. The number of phosphoric ester groups is 1. The van der Waals surface area contributed by atoms with Crippen molar-refractivity contribution in [3.63, 3.8) is 0 Å². The summed E-state index contributed by atoms with van der Waals surface area (Å²) in [5.41, 5.74) is 0. The van der Waals surface area contributed by atoms with Crippen LogP contribution in [0.3, 0.4) is 0 Å². The second-order valence-corrected chi connectivity index (χ2v) is 14.9. The number of esters is 2. The van der Waals surface area contributed by atoms with Crippen molar-refractivity contribution in [1.82, 2.24) is 0 Å². The molecule has 9 heteroatoms. The number of ether oxygens (including phenoxy) is 2. The minimum atomic E-state index is -4.74. The van der Waals surface area contributed by atoms with Gasteiger partial charge in [0.05, 0.1) is 6.61 Å². The molecule has 0 amide bonds. The van der Waals surface area contributed by atoms with Gasteiger partial charge in [-0.15, -0.1) is 0 Å². The average Bonchev–Trinajstić information content (AvgIpc) is 3.03. The SMILES string of the molecule is CCCCCCCCCCCCCCCCCC(=O)OC(COC(=O)CCCCCCCCCCCCCCCC)COP(=O)(O)O. The molecule has 0 saturated carbocycles. The van der Waals surface area contributed by atoms with Crippen LogP contribution < -0.4 is 0 Å². The highest BCUT2D eigenvalue weighted by atomic mass is 31.2. The van der Waals surface area contributed by atoms with Gasteiger partial charge in [0.25, 0.3) is 0 Å². The van der Waals surface area contributed by atoms with E-state index in [1.165, 1.54) is 148 Å². The second kappa shape index (κ2) is 34.9. The molecule has 0 rings (SSSR count). The Labute approximate surface area is 289 Å². The van der Waals surface area contributed by atoms with Crippen LogP contribution in [0.5, 0.6) is 0 Å². The zero-order chi connectivity index (χ0) is 34.7. The molecule has 280 valence electrons. The molecule has 0 spiro atoms. The molecule has 47 heavy (non-hydrogen) atoms. The second-order valence-electron chi connectivity index (χ2n) is 13.6. The highest BCUT2D eigenvalue weighted by Crippen LogP contribution is 2.36. The normalized spacial score (nSPS) is 12.3. The van der Waals surface area contributed by atoms with Gasteiger partial charge in [0.2, 0.25) is 0 Å². The number of hydrogen-bond donors (Lipinski definition) is 2. The number of hydrogen-bond acceptors (Lipinski definition) is 6. The van der Waals surface area contributed by atoms with E-state index in [1.54, 1.807) is 0 Å². The summed E-state index contributed by atoms with van der Waals surface area (Å²) >= 11 is 0. The smallest absolute Gasteiger partial charge is 0.462 e. The van der Waals surface area contributed by atoms with Gasteiger partial charge in [-0.1, -0.05) is 187 Å². The van der Waals surface area contributed by atoms with Gasteiger partial charge in [0, 0.05) is 12.8 Å². The third-order valence-corrected chi connectivity index (χ3v) is 9.36. The zero-order valence-electron chi connectivity index (χ0n) is 30.7. The molecule has 0 aromatic rings. The molecule has 0 aromatic heterocycles. The van der Waals surface area contributed by atoms with Gasteiger partial charge >= 0.3 is 19.8 Å². The zero-order valence-corrected chi connectivity index (χ0v) is 31.6. The lowest BCUT2D eigenvalue weighted by Crippen LogP contribution is -2.29. The molecule has 0 radical (unpaired) electrons. The van der Waals surface area contributed by atoms with E-state index in [4.69, 9.17) is 19.3 Å². The van der Waals surface area contributed by atoms with Crippen molar-refractivity contribution < 1.29 is 37.9 Å². The van der Waals surface area contributed by atoms with Crippen LogP contribution in [-0.4, -0.2) is 41.0 Å². The Morgan fingerprint density at radius 1 is 0.468 bits per heavy atom. The van der Waals surface area contributed by atoms with E-state index >= 15 is 0 Å². The number of unbranched alkanes of at least 4 members (excludes halogenated alkanes) is 27. The van der Waals surface area contributed by atoms with Crippen molar-refractivity contribution in [3.05, 3.63) is 0 Å². The van der Waals surface area contributed by atoms with Crippen LogP contribution >= 0.6 is 7.82 Å². The summed E-state index contributed by atoms with van der Waals surface area (Å²) in [6.07, 6.45) is 35.3. The molecular formula is C38H75O8P. The molecule has 0 aliphatic carbocycles. The molecule has 0 fully saturated rings. The standard InChI is InChI=1S/C38H75O8P/c1-3-5-7-9-11-13-15-17-19-21-23-25-27-29-31-33-38(40)46-36(35-45-47(41,42)43)34-44-37(39)32-30-28-26-24-22-20-18-16-14-12-10-8-6-4-2/h36H,3-35H2,1-2H3,(H2,41,42,43). The maximum Gasteiger partial charge on any atom is 0.469 e. The van der Waals surface area contributed by atoms with E-state index in [2.05, 4.69) is 18.4 Å². The fourth-order valence-electron chi connectivity index (χ4n) is 5.90. The van der Waals surface area contributed by atoms with Crippen LogP contribution in [0.4, 0.5) is 0 Å². The lowest BCUT2D eigenvalue weighted by Gasteiger charge is -2.18. The van der Waals surface area contributed by atoms with Crippen LogP contribution in [-0.2, 0) is 28.2 Å². The molecule has 8 nitrogen and oxygen atoms in total. The van der Waals surface area contributed by atoms with Gasteiger partial charge in [-0.05, 0) is 12.8 Å². The molecule has 1 atom stereocenters. The summed E-state index contributed by atoms with van der Waals surface area (Å²) < 4.78 is 26.3. The first-order valence-corrected chi connectivity index (χ1v) is 21.4. The molecule has 0 aliphatic heterocycles. The summed E-state index contributed by atoms with van der Waals surface area (Å²) in [7, 11) is -4.74. The first-order chi connectivity index (χ1) is 22.8. The van der Waals surface area contributed by atoms with Gasteiger partial charge in [-0.25, -0.2) is 4.57 Å². The molecule has 0 saturated heterocycles. The van der Waals surface area contributed by atoms with E-state index in [-0.39, 0.29) is 19.4 Å². The Kier molecular flexibility index (Phi) is 34.2. The van der Waals surface area contributed by atoms with E-state index in [0.717, 1.165) is 32.1 Å². The maximum absolute atomic E-state index is 12.4. The van der Waals surface area contributed by atoms with Crippen LogP contribution in [0, 0.1) is 0 Å². The molecule has 0 bridgehead atoms.